The number of nitrogens with zero attached hydrogens (tertiary/aromatic N) is 2. The zero-order valence-corrected chi connectivity index (χ0v) is 17.0. The van der Waals surface area contributed by atoms with E-state index in [1.165, 1.54) is 24.3 Å². The lowest BCUT2D eigenvalue weighted by Gasteiger charge is -2.13. The monoisotopic (exact) mass is 437 g/mol. The molecule has 3 aromatic rings. The van der Waals surface area contributed by atoms with E-state index in [-0.39, 0.29) is 12.2 Å². The molecule has 2 aromatic carbocycles. The van der Waals surface area contributed by atoms with Crippen LogP contribution in [0.25, 0.3) is 5.69 Å². The zero-order valence-electron chi connectivity index (χ0n) is 16.3. The van der Waals surface area contributed by atoms with Gasteiger partial charge < -0.3 is 10.1 Å². The fraction of sp³-hybridized carbons (Fsp3) is 0.238. The van der Waals surface area contributed by atoms with E-state index < -0.39 is 23.7 Å². The Morgan fingerprint density at radius 1 is 1.17 bits per heavy atom. The van der Waals surface area contributed by atoms with Gasteiger partial charge in [0.25, 0.3) is 0 Å². The third kappa shape index (κ3) is 5.13. The average Bonchev–Trinajstić information content (AvgIpc) is 3.08. The van der Waals surface area contributed by atoms with Crippen LogP contribution < -0.4 is 10.1 Å². The molecular formula is C21H19ClF3N3O2. The largest absolute Gasteiger partial charge is 0.437 e. The summed E-state index contributed by atoms with van der Waals surface area (Å²) in [6.45, 7) is 4.16. The van der Waals surface area contributed by atoms with Gasteiger partial charge in [0.15, 0.2) is 11.4 Å². The fourth-order valence-corrected chi connectivity index (χ4v) is 3.13. The number of carbonyl (C=O) groups excluding carboxylic acids is 1. The van der Waals surface area contributed by atoms with Crippen LogP contribution in [0.5, 0.6) is 5.75 Å². The number of nitrogens with one attached hydrogen (secondary N) is 1. The average molecular weight is 438 g/mol. The number of ether oxygens (including phenoxy) is 1. The second kappa shape index (κ2) is 8.79. The molecule has 3 rings (SSSR count). The number of aromatic nitrogens is 2. The molecule has 0 fully saturated rings. The number of benzene rings is 2. The molecule has 1 amide bonds. The lowest BCUT2D eigenvalue weighted by molar-refractivity contribution is -0.143. The molecule has 0 bridgehead atoms. The lowest BCUT2D eigenvalue weighted by Crippen LogP contribution is -2.29. The van der Waals surface area contributed by atoms with E-state index in [1.807, 2.05) is 32.0 Å². The Morgan fingerprint density at radius 2 is 1.87 bits per heavy atom. The molecular weight excluding hydrogens is 419 g/mol. The van der Waals surface area contributed by atoms with Crippen LogP contribution in [0.2, 0.25) is 5.02 Å². The van der Waals surface area contributed by atoms with Gasteiger partial charge in [-0.25, -0.2) is 9.48 Å². The second-order valence-corrected chi connectivity index (χ2v) is 7.18. The van der Waals surface area contributed by atoms with E-state index in [0.29, 0.717) is 16.1 Å². The van der Waals surface area contributed by atoms with E-state index in [9.17, 15) is 18.0 Å². The Labute approximate surface area is 176 Å². The van der Waals surface area contributed by atoms with Crippen molar-refractivity contribution in [3.8, 4) is 11.4 Å². The molecule has 30 heavy (non-hydrogen) atoms. The highest BCUT2D eigenvalue weighted by Crippen LogP contribution is 2.37. The number of aryl methyl sites for hydroxylation is 2. The fourth-order valence-electron chi connectivity index (χ4n) is 3.01. The SMILES string of the molecule is Cc1ccc(CCNC(=O)Oc2cnn(-c3ccc(Cl)cc3)c2C(F)(F)F)c(C)c1. The zero-order chi connectivity index (χ0) is 21.9. The van der Waals surface area contributed by atoms with Gasteiger partial charge >= 0.3 is 12.3 Å². The number of hydrogen-bond donors (Lipinski definition) is 1. The first kappa shape index (κ1) is 21.7. The summed E-state index contributed by atoms with van der Waals surface area (Å²) in [5, 5.41) is 6.58. The van der Waals surface area contributed by atoms with Gasteiger partial charge in [-0.1, -0.05) is 35.4 Å². The molecule has 0 saturated carbocycles. The van der Waals surface area contributed by atoms with Crippen LogP contribution in [0.15, 0.2) is 48.7 Å². The minimum Gasteiger partial charge on any atom is -0.406 e. The van der Waals surface area contributed by atoms with Crippen LogP contribution in [-0.4, -0.2) is 22.4 Å². The molecule has 9 heteroatoms. The van der Waals surface area contributed by atoms with Crippen LogP contribution >= 0.6 is 11.6 Å². The number of carbonyl (C=O) groups is 1. The first-order chi connectivity index (χ1) is 14.1. The molecule has 0 aliphatic heterocycles. The molecule has 0 radical (unpaired) electrons. The van der Waals surface area contributed by atoms with Crippen molar-refractivity contribution in [2.75, 3.05) is 6.54 Å². The van der Waals surface area contributed by atoms with Crippen molar-refractivity contribution in [3.63, 3.8) is 0 Å². The second-order valence-electron chi connectivity index (χ2n) is 6.74. The molecule has 1 aromatic heterocycles. The maximum Gasteiger partial charge on any atom is 0.437 e. The van der Waals surface area contributed by atoms with Gasteiger partial charge in [0, 0.05) is 11.6 Å². The van der Waals surface area contributed by atoms with Crippen LogP contribution in [-0.2, 0) is 12.6 Å². The van der Waals surface area contributed by atoms with Gasteiger partial charge in [0.2, 0.25) is 0 Å². The van der Waals surface area contributed by atoms with Gasteiger partial charge in [-0.05, 0) is 55.7 Å². The third-order valence-corrected chi connectivity index (χ3v) is 4.69. The molecule has 0 unspecified atom stereocenters. The number of halogens is 4. The van der Waals surface area contributed by atoms with Gasteiger partial charge in [-0.15, -0.1) is 0 Å². The van der Waals surface area contributed by atoms with Gasteiger partial charge in [0.1, 0.15) is 0 Å². The highest BCUT2D eigenvalue weighted by atomic mass is 35.5. The summed E-state index contributed by atoms with van der Waals surface area (Å²) in [4.78, 5) is 12.1. The summed E-state index contributed by atoms with van der Waals surface area (Å²) in [6.07, 6.45) is -4.38. The van der Waals surface area contributed by atoms with Gasteiger partial charge in [0.05, 0.1) is 11.9 Å². The molecule has 0 atom stereocenters. The topological polar surface area (TPSA) is 56.1 Å². The van der Waals surface area contributed by atoms with Gasteiger partial charge in [-0.3, -0.25) is 0 Å². The molecule has 158 valence electrons. The van der Waals surface area contributed by atoms with Crippen LogP contribution in [0.1, 0.15) is 22.4 Å². The quantitative estimate of drug-likeness (QED) is 0.574. The lowest BCUT2D eigenvalue weighted by atomic mass is 10.0. The first-order valence-corrected chi connectivity index (χ1v) is 9.46. The van der Waals surface area contributed by atoms with Crippen LogP contribution in [0.3, 0.4) is 0 Å². The predicted octanol–water partition coefficient (Wildman–Crippen LogP) is 5.49. The number of rotatable bonds is 5. The van der Waals surface area contributed by atoms with E-state index in [0.717, 1.165) is 22.9 Å². The Hall–Kier alpha value is -3.00. The van der Waals surface area contributed by atoms with E-state index in [4.69, 9.17) is 16.3 Å². The smallest absolute Gasteiger partial charge is 0.406 e. The summed E-state index contributed by atoms with van der Waals surface area (Å²) in [6, 6.07) is 11.6. The van der Waals surface area contributed by atoms with Crippen molar-refractivity contribution < 1.29 is 22.7 Å². The summed E-state index contributed by atoms with van der Waals surface area (Å²) in [5.41, 5.74) is 2.19. The molecule has 0 saturated heterocycles. The van der Waals surface area contributed by atoms with Crippen molar-refractivity contribution in [1.82, 2.24) is 15.1 Å². The molecule has 0 spiro atoms. The number of amides is 1. The Bertz CT molecular complexity index is 1050. The Morgan fingerprint density at radius 3 is 2.50 bits per heavy atom. The Kier molecular flexibility index (Phi) is 6.36. The summed E-state index contributed by atoms with van der Waals surface area (Å²) < 4.78 is 46.4. The van der Waals surface area contributed by atoms with Crippen LogP contribution in [0.4, 0.5) is 18.0 Å². The first-order valence-electron chi connectivity index (χ1n) is 9.08. The van der Waals surface area contributed by atoms with Crippen LogP contribution in [0, 0.1) is 13.8 Å². The van der Waals surface area contributed by atoms with Crippen molar-refractivity contribution in [2.45, 2.75) is 26.4 Å². The molecule has 1 N–H and O–H groups in total. The Balaban J connectivity index is 1.71. The summed E-state index contributed by atoms with van der Waals surface area (Å²) in [7, 11) is 0. The highest BCUT2D eigenvalue weighted by molar-refractivity contribution is 6.30. The van der Waals surface area contributed by atoms with Gasteiger partial charge in [-0.2, -0.15) is 18.3 Å². The molecule has 5 nitrogen and oxygen atoms in total. The summed E-state index contributed by atoms with van der Waals surface area (Å²) in [5.74, 6) is -0.679. The molecule has 0 aliphatic rings. The third-order valence-electron chi connectivity index (χ3n) is 4.44. The van der Waals surface area contributed by atoms with Crippen molar-refractivity contribution in [3.05, 3.63) is 76.1 Å². The highest BCUT2D eigenvalue weighted by Gasteiger charge is 2.40. The van der Waals surface area contributed by atoms with Crippen molar-refractivity contribution in [1.29, 1.82) is 0 Å². The number of hydrogen-bond acceptors (Lipinski definition) is 3. The molecule has 1 heterocycles. The number of alkyl halides is 3. The standard InChI is InChI=1S/C21H19ClF3N3O2/c1-13-3-4-15(14(2)11-13)9-10-26-20(29)30-18-12-27-28(19(18)21(23,24)25)17-7-5-16(22)6-8-17/h3-8,11-12H,9-10H2,1-2H3,(H,26,29). The predicted molar refractivity (Wildman–Crippen MR) is 107 cm³/mol. The van der Waals surface area contributed by atoms with E-state index in [1.54, 1.807) is 0 Å². The minimum absolute atomic E-state index is 0.136. The van der Waals surface area contributed by atoms with Crippen molar-refractivity contribution >= 4 is 17.7 Å². The van der Waals surface area contributed by atoms with Crippen molar-refractivity contribution in [2.24, 2.45) is 0 Å². The summed E-state index contributed by atoms with van der Waals surface area (Å²) >= 11 is 5.78. The molecule has 0 aliphatic carbocycles. The maximum absolute atomic E-state index is 13.6. The minimum atomic E-state index is -4.79. The van der Waals surface area contributed by atoms with E-state index >= 15 is 0 Å². The van der Waals surface area contributed by atoms with E-state index in [2.05, 4.69) is 10.4 Å². The maximum atomic E-state index is 13.6. The normalized spacial score (nSPS) is 11.4.